The first kappa shape index (κ1) is 20.1. The van der Waals surface area contributed by atoms with Crippen LogP contribution in [0.1, 0.15) is 10.6 Å². The van der Waals surface area contributed by atoms with Crippen LogP contribution < -0.4 is 5.43 Å². The molecule has 3 rings (SSSR count). The van der Waals surface area contributed by atoms with E-state index in [-0.39, 0.29) is 11.4 Å². The lowest BCUT2D eigenvalue weighted by Crippen LogP contribution is -2.06. The lowest BCUT2D eigenvalue weighted by molar-refractivity contribution is -0.137. The summed E-state index contributed by atoms with van der Waals surface area (Å²) >= 11 is 13.1. The predicted octanol–water partition coefficient (Wildman–Crippen LogP) is 6.48. The summed E-state index contributed by atoms with van der Waals surface area (Å²) in [4.78, 5) is 4.34. The van der Waals surface area contributed by atoms with Crippen molar-refractivity contribution in [2.24, 2.45) is 5.10 Å². The molecule has 0 spiro atoms. The molecule has 0 unspecified atom stereocenters. The molecular weight excluding hydrogens is 432 g/mol. The number of hydrogen-bond acceptors (Lipinski definition) is 5. The number of nitrogens with one attached hydrogen (secondary N) is 1. The molecule has 28 heavy (non-hydrogen) atoms. The molecular formula is C18H9Cl2F3N4S. The zero-order chi connectivity index (χ0) is 20.3. The number of rotatable bonds is 4. The van der Waals surface area contributed by atoms with Crippen molar-refractivity contribution in [3.8, 4) is 17.3 Å². The molecule has 0 saturated heterocycles. The predicted molar refractivity (Wildman–Crippen MR) is 105 cm³/mol. The summed E-state index contributed by atoms with van der Waals surface area (Å²) in [6, 6.07) is 11.4. The summed E-state index contributed by atoms with van der Waals surface area (Å²) in [7, 11) is 0. The van der Waals surface area contributed by atoms with Crippen molar-refractivity contribution in [1.82, 2.24) is 4.98 Å². The summed E-state index contributed by atoms with van der Waals surface area (Å²) in [5, 5.41) is 16.0. The van der Waals surface area contributed by atoms with Crippen LogP contribution in [-0.4, -0.2) is 10.7 Å². The van der Waals surface area contributed by atoms with E-state index in [4.69, 9.17) is 23.2 Å². The molecule has 0 fully saturated rings. The SMILES string of the molecule is N#C/C(=N/Nc1cccc(C(F)(F)F)c1)c1nc(-c2ccc(Cl)c(Cl)c2)cs1. The largest absolute Gasteiger partial charge is 0.416 e. The highest BCUT2D eigenvalue weighted by molar-refractivity contribution is 7.12. The molecule has 0 aliphatic carbocycles. The van der Waals surface area contributed by atoms with Crippen molar-refractivity contribution < 1.29 is 13.2 Å². The third kappa shape index (κ3) is 4.62. The van der Waals surface area contributed by atoms with Crippen LogP contribution in [-0.2, 0) is 6.18 Å². The number of halogens is 5. The van der Waals surface area contributed by atoms with E-state index in [1.165, 1.54) is 23.5 Å². The minimum Gasteiger partial charge on any atom is -0.277 e. The molecule has 0 saturated carbocycles. The Morgan fingerprint density at radius 3 is 2.61 bits per heavy atom. The van der Waals surface area contributed by atoms with Crippen LogP contribution in [0, 0.1) is 11.3 Å². The molecule has 2 aromatic carbocycles. The molecule has 142 valence electrons. The van der Waals surface area contributed by atoms with Gasteiger partial charge in [-0.25, -0.2) is 4.98 Å². The summed E-state index contributed by atoms with van der Waals surface area (Å²) in [6.07, 6.45) is -4.47. The van der Waals surface area contributed by atoms with E-state index in [9.17, 15) is 18.4 Å². The van der Waals surface area contributed by atoms with E-state index < -0.39 is 11.7 Å². The van der Waals surface area contributed by atoms with Gasteiger partial charge in [-0.05, 0) is 30.3 Å². The highest BCUT2D eigenvalue weighted by Crippen LogP contribution is 2.31. The number of aromatic nitrogens is 1. The number of benzene rings is 2. The fraction of sp³-hybridized carbons (Fsp3) is 0.0556. The zero-order valence-electron chi connectivity index (χ0n) is 13.8. The second-order valence-electron chi connectivity index (χ2n) is 5.43. The second-order valence-corrected chi connectivity index (χ2v) is 7.10. The number of hydrazone groups is 1. The first-order chi connectivity index (χ1) is 13.3. The monoisotopic (exact) mass is 440 g/mol. The number of alkyl halides is 3. The molecule has 0 amide bonds. The van der Waals surface area contributed by atoms with Gasteiger partial charge in [-0.15, -0.1) is 11.3 Å². The maximum atomic E-state index is 12.8. The van der Waals surface area contributed by atoms with Crippen LogP contribution >= 0.6 is 34.5 Å². The molecule has 1 heterocycles. The van der Waals surface area contributed by atoms with Crippen molar-refractivity contribution in [1.29, 1.82) is 5.26 Å². The maximum absolute atomic E-state index is 12.8. The second kappa shape index (κ2) is 8.19. The van der Waals surface area contributed by atoms with Crippen molar-refractivity contribution in [3.05, 3.63) is 68.5 Å². The summed E-state index contributed by atoms with van der Waals surface area (Å²) in [5.41, 5.74) is 2.97. The highest BCUT2D eigenvalue weighted by atomic mass is 35.5. The Hall–Kier alpha value is -2.60. The third-order valence-corrected chi connectivity index (χ3v) is 5.10. The molecule has 0 bridgehead atoms. The number of nitriles is 1. The van der Waals surface area contributed by atoms with Gasteiger partial charge in [0.25, 0.3) is 0 Å². The van der Waals surface area contributed by atoms with Gasteiger partial charge in [-0.3, -0.25) is 5.43 Å². The Morgan fingerprint density at radius 2 is 1.93 bits per heavy atom. The van der Waals surface area contributed by atoms with Gasteiger partial charge in [0.05, 0.1) is 27.0 Å². The van der Waals surface area contributed by atoms with Crippen molar-refractivity contribution in [2.75, 3.05) is 5.43 Å². The van der Waals surface area contributed by atoms with Crippen LogP contribution in [0.3, 0.4) is 0 Å². The van der Waals surface area contributed by atoms with Gasteiger partial charge in [-0.1, -0.05) is 35.3 Å². The van der Waals surface area contributed by atoms with Gasteiger partial charge in [0.15, 0.2) is 10.7 Å². The molecule has 1 aromatic heterocycles. The van der Waals surface area contributed by atoms with E-state index in [0.29, 0.717) is 26.3 Å². The number of nitrogens with zero attached hydrogens (tertiary/aromatic N) is 3. The van der Waals surface area contributed by atoms with E-state index in [0.717, 1.165) is 12.1 Å². The molecule has 3 aromatic rings. The minimum atomic E-state index is -4.47. The Morgan fingerprint density at radius 1 is 1.14 bits per heavy atom. The first-order valence-electron chi connectivity index (χ1n) is 7.60. The van der Waals surface area contributed by atoms with Gasteiger partial charge in [0.2, 0.25) is 0 Å². The Labute approximate surface area is 171 Å². The number of hydrogen-bond donors (Lipinski definition) is 1. The van der Waals surface area contributed by atoms with Gasteiger partial charge in [0, 0.05) is 10.9 Å². The van der Waals surface area contributed by atoms with E-state index >= 15 is 0 Å². The Balaban J connectivity index is 1.83. The van der Waals surface area contributed by atoms with Gasteiger partial charge in [0.1, 0.15) is 6.07 Å². The van der Waals surface area contributed by atoms with E-state index in [2.05, 4.69) is 15.5 Å². The van der Waals surface area contributed by atoms with Crippen LogP contribution in [0.2, 0.25) is 10.0 Å². The molecule has 0 aliphatic rings. The molecule has 4 nitrogen and oxygen atoms in total. The first-order valence-corrected chi connectivity index (χ1v) is 9.24. The maximum Gasteiger partial charge on any atom is 0.416 e. The fourth-order valence-corrected chi connectivity index (χ4v) is 3.24. The lowest BCUT2D eigenvalue weighted by atomic mass is 10.2. The van der Waals surface area contributed by atoms with Crippen LogP contribution in [0.4, 0.5) is 18.9 Å². The minimum absolute atomic E-state index is 0.0614. The molecule has 0 radical (unpaired) electrons. The smallest absolute Gasteiger partial charge is 0.277 e. The van der Waals surface area contributed by atoms with Crippen molar-refractivity contribution in [2.45, 2.75) is 6.18 Å². The quantitative estimate of drug-likeness (QED) is 0.373. The normalized spacial score (nSPS) is 11.9. The molecule has 10 heteroatoms. The molecule has 0 atom stereocenters. The van der Waals surface area contributed by atoms with E-state index in [1.54, 1.807) is 23.6 Å². The van der Waals surface area contributed by atoms with Crippen LogP contribution in [0.25, 0.3) is 11.3 Å². The standard InChI is InChI=1S/C18H9Cl2F3N4S/c19-13-5-4-10(6-14(13)20)16-9-28-17(25-16)15(8-24)27-26-12-3-1-2-11(7-12)18(21,22)23/h1-7,9,26H/b27-15-. The average molecular weight is 441 g/mol. The molecule has 1 N–H and O–H groups in total. The number of anilines is 1. The van der Waals surface area contributed by atoms with Crippen LogP contribution in [0.5, 0.6) is 0 Å². The fourth-order valence-electron chi connectivity index (χ4n) is 2.18. The Bertz CT molecular complexity index is 1090. The average Bonchev–Trinajstić information content (AvgIpc) is 3.14. The topological polar surface area (TPSA) is 61.1 Å². The lowest BCUT2D eigenvalue weighted by Gasteiger charge is -2.08. The summed E-state index contributed by atoms with van der Waals surface area (Å²) < 4.78 is 38.3. The van der Waals surface area contributed by atoms with Gasteiger partial charge >= 0.3 is 6.18 Å². The number of thiazole rings is 1. The summed E-state index contributed by atoms with van der Waals surface area (Å²) in [5.74, 6) is 0. The van der Waals surface area contributed by atoms with E-state index in [1.807, 2.05) is 6.07 Å². The summed E-state index contributed by atoms with van der Waals surface area (Å²) in [6.45, 7) is 0. The van der Waals surface area contributed by atoms with Gasteiger partial charge in [-0.2, -0.15) is 23.5 Å². The molecule has 0 aliphatic heterocycles. The highest BCUT2D eigenvalue weighted by Gasteiger charge is 2.30. The van der Waals surface area contributed by atoms with Crippen molar-refractivity contribution >= 4 is 45.9 Å². The third-order valence-electron chi connectivity index (χ3n) is 3.51. The van der Waals surface area contributed by atoms with Gasteiger partial charge < -0.3 is 0 Å². The van der Waals surface area contributed by atoms with Crippen LogP contribution in [0.15, 0.2) is 52.9 Å². The Kier molecular flexibility index (Phi) is 5.89. The zero-order valence-corrected chi connectivity index (χ0v) is 16.1. The van der Waals surface area contributed by atoms with Crippen molar-refractivity contribution in [3.63, 3.8) is 0 Å².